The molecule has 1 saturated heterocycles. The Morgan fingerprint density at radius 1 is 1.35 bits per heavy atom. The van der Waals surface area contributed by atoms with Crippen LogP contribution in [0.5, 0.6) is 0 Å². The molecule has 1 aliphatic rings. The lowest BCUT2D eigenvalue weighted by Crippen LogP contribution is -2.57. The Kier molecular flexibility index (Phi) is 5.22. The molecule has 2 rings (SSSR count). The molecular weight excluding hydrogens is 248 g/mol. The van der Waals surface area contributed by atoms with Gasteiger partial charge in [0.25, 0.3) is 0 Å². The van der Waals surface area contributed by atoms with Crippen molar-refractivity contribution < 1.29 is 0 Å². The van der Waals surface area contributed by atoms with Crippen LogP contribution in [-0.4, -0.2) is 45.7 Å². The van der Waals surface area contributed by atoms with Gasteiger partial charge in [-0.25, -0.2) is 4.98 Å². The van der Waals surface area contributed by atoms with Gasteiger partial charge in [0.05, 0.1) is 0 Å². The molecule has 0 bridgehead atoms. The van der Waals surface area contributed by atoms with Crippen LogP contribution >= 0.6 is 0 Å². The second-order valence-corrected chi connectivity index (χ2v) is 6.45. The molecule has 0 saturated carbocycles. The van der Waals surface area contributed by atoms with Crippen molar-refractivity contribution in [3.05, 3.63) is 18.2 Å². The number of likely N-dealkylation sites (N-methyl/N-ethyl adjacent to an activating group) is 1. The quantitative estimate of drug-likeness (QED) is 0.830. The summed E-state index contributed by atoms with van der Waals surface area (Å²) in [7, 11) is 2.08. The molecule has 0 amide bonds. The highest BCUT2D eigenvalue weighted by molar-refractivity contribution is 4.98. The Hall–Kier alpha value is -0.870. The normalized spacial score (nSPS) is 18.6. The molecule has 1 atom stereocenters. The van der Waals surface area contributed by atoms with E-state index in [1.165, 1.54) is 31.8 Å². The number of nitrogens with one attached hydrogen (secondary N) is 1. The topological polar surface area (TPSA) is 33.1 Å². The predicted molar refractivity (Wildman–Crippen MR) is 83.9 cm³/mol. The minimum absolute atomic E-state index is 0.220. The van der Waals surface area contributed by atoms with Gasteiger partial charge in [0.1, 0.15) is 5.82 Å². The predicted octanol–water partition coefficient (Wildman–Crippen LogP) is 2.21. The minimum atomic E-state index is 0.220. The molecule has 1 aromatic rings. The third-order valence-corrected chi connectivity index (χ3v) is 4.80. The van der Waals surface area contributed by atoms with Crippen LogP contribution in [0.25, 0.3) is 0 Å². The van der Waals surface area contributed by atoms with Crippen LogP contribution in [0.15, 0.2) is 12.4 Å². The highest BCUT2D eigenvalue weighted by Crippen LogP contribution is 2.26. The Morgan fingerprint density at radius 3 is 2.60 bits per heavy atom. The fourth-order valence-electron chi connectivity index (χ4n) is 3.38. The number of aryl methyl sites for hydroxylation is 2. The highest BCUT2D eigenvalue weighted by Gasteiger charge is 2.36. The Morgan fingerprint density at radius 2 is 2.05 bits per heavy atom. The standard InChI is InChI=1S/C16H30N4/c1-5-17-14(8-9-15-18-10-13-19(15)4)16(2,3)20-11-6-7-12-20/h10,13-14,17H,5-9,11-12H2,1-4H3. The summed E-state index contributed by atoms with van der Waals surface area (Å²) in [5, 5.41) is 3.70. The molecule has 1 aliphatic heterocycles. The summed E-state index contributed by atoms with van der Waals surface area (Å²) in [6.07, 6.45) is 8.80. The molecule has 114 valence electrons. The van der Waals surface area contributed by atoms with Gasteiger partial charge in [0.15, 0.2) is 0 Å². The summed E-state index contributed by atoms with van der Waals surface area (Å²) in [6, 6.07) is 0.516. The molecule has 4 nitrogen and oxygen atoms in total. The van der Waals surface area contributed by atoms with E-state index in [0.717, 1.165) is 19.4 Å². The van der Waals surface area contributed by atoms with Gasteiger partial charge in [-0.3, -0.25) is 4.90 Å². The smallest absolute Gasteiger partial charge is 0.108 e. The maximum atomic E-state index is 4.45. The molecule has 1 N–H and O–H groups in total. The van der Waals surface area contributed by atoms with Crippen LogP contribution in [0.2, 0.25) is 0 Å². The minimum Gasteiger partial charge on any atom is -0.338 e. The molecule has 4 heteroatoms. The van der Waals surface area contributed by atoms with E-state index in [4.69, 9.17) is 0 Å². The van der Waals surface area contributed by atoms with Crippen molar-refractivity contribution in [3.63, 3.8) is 0 Å². The Balaban J connectivity index is 2.00. The Bertz CT molecular complexity index is 404. The first-order chi connectivity index (χ1) is 9.55. The lowest BCUT2D eigenvalue weighted by atomic mass is 9.89. The first-order valence-corrected chi connectivity index (χ1v) is 8.00. The molecule has 1 aromatic heterocycles. The number of imidazole rings is 1. The van der Waals surface area contributed by atoms with Crippen molar-refractivity contribution >= 4 is 0 Å². The van der Waals surface area contributed by atoms with Crippen LogP contribution in [-0.2, 0) is 13.5 Å². The van der Waals surface area contributed by atoms with Crippen molar-refractivity contribution in [1.82, 2.24) is 19.8 Å². The number of aromatic nitrogens is 2. The zero-order valence-corrected chi connectivity index (χ0v) is 13.5. The van der Waals surface area contributed by atoms with Crippen molar-refractivity contribution in [2.45, 2.75) is 58.0 Å². The van der Waals surface area contributed by atoms with Crippen LogP contribution in [0.4, 0.5) is 0 Å². The van der Waals surface area contributed by atoms with E-state index >= 15 is 0 Å². The largest absolute Gasteiger partial charge is 0.338 e. The van der Waals surface area contributed by atoms with Crippen molar-refractivity contribution in [2.24, 2.45) is 7.05 Å². The molecule has 0 spiro atoms. The maximum Gasteiger partial charge on any atom is 0.108 e. The second kappa shape index (κ2) is 6.72. The van der Waals surface area contributed by atoms with Gasteiger partial charge in [-0.2, -0.15) is 0 Å². The molecule has 20 heavy (non-hydrogen) atoms. The summed E-state index contributed by atoms with van der Waals surface area (Å²) in [5.74, 6) is 1.19. The SMILES string of the molecule is CCNC(CCc1nccn1C)C(C)(C)N1CCCC1. The van der Waals surface area contributed by atoms with Gasteiger partial charge in [0, 0.05) is 37.4 Å². The average Bonchev–Trinajstić information content (AvgIpc) is 3.06. The molecule has 0 aromatic carbocycles. The lowest BCUT2D eigenvalue weighted by Gasteiger charge is -2.42. The number of rotatable bonds is 7. The van der Waals surface area contributed by atoms with Gasteiger partial charge in [0.2, 0.25) is 0 Å². The molecule has 1 unspecified atom stereocenters. The second-order valence-electron chi connectivity index (χ2n) is 6.45. The highest BCUT2D eigenvalue weighted by atomic mass is 15.2. The van der Waals surface area contributed by atoms with E-state index in [-0.39, 0.29) is 5.54 Å². The van der Waals surface area contributed by atoms with Crippen LogP contribution in [0.1, 0.15) is 45.9 Å². The number of likely N-dealkylation sites (tertiary alicyclic amines) is 1. The average molecular weight is 278 g/mol. The van der Waals surface area contributed by atoms with Crippen molar-refractivity contribution in [2.75, 3.05) is 19.6 Å². The third-order valence-electron chi connectivity index (χ3n) is 4.80. The van der Waals surface area contributed by atoms with Gasteiger partial charge >= 0.3 is 0 Å². The van der Waals surface area contributed by atoms with Gasteiger partial charge in [-0.15, -0.1) is 0 Å². The summed E-state index contributed by atoms with van der Waals surface area (Å²) in [5.41, 5.74) is 0.220. The molecule has 1 fully saturated rings. The lowest BCUT2D eigenvalue weighted by molar-refractivity contribution is 0.103. The summed E-state index contributed by atoms with van der Waals surface area (Å²) < 4.78 is 2.13. The van der Waals surface area contributed by atoms with Crippen LogP contribution in [0, 0.1) is 0 Å². The van der Waals surface area contributed by atoms with Crippen LogP contribution in [0.3, 0.4) is 0 Å². The summed E-state index contributed by atoms with van der Waals surface area (Å²) in [6.45, 7) is 10.5. The Labute approximate surface area is 123 Å². The van der Waals surface area contributed by atoms with Gasteiger partial charge in [-0.1, -0.05) is 6.92 Å². The third kappa shape index (κ3) is 3.41. The number of nitrogens with zero attached hydrogens (tertiary/aromatic N) is 3. The van der Waals surface area contributed by atoms with E-state index < -0.39 is 0 Å². The van der Waals surface area contributed by atoms with Gasteiger partial charge < -0.3 is 9.88 Å². The molecule has 2 heterocycles. The number of hydrogen-bond acceptors (Lipinski definition) is 3. The fraction of sp³-hybridized carbons (Fsp3) is 0.812. The summed E-state index contributed by atoms with van der Waals surface area (Å²) >= 11 is 0. The van der Waals surface area contributed by atoms with Gasteiger partial charge in [-0.05, 0) is 52.7 Å². The monoisotopic (exact) mass is 278 g/mol. The zero-order chi connectivity index (χ0) is 14.6. The number of hydrogen-bond donors (Lipinski definition) is 1. The molecule has 0 aliphatic carbocycles. The first kappa shape index (κ1) is 15.5. The van der Waals surface area contributed by atoms with Crippen molar-refractivity contribution in [3.8, 4) is 0 Å². The first-order valence-electron chi connectivity index (χ1n) is 8.00. The maximum absolute atomic E-state index is 4.45. The van der Waals surface area contributed by atoms with E-state index in [1.54, 1.807) is 0 Å². The van der Waals surface area contributed by atoms with Crippen molar-refractivity contribution in [1.29, 1.82) is 0 Å². The van der Waals surface area contributed by atoms with E-state index in [2.05, 4.69) is 47.6 Å². The van der Waals surface area contributed by atoms with E-state index in [0.29, 0.717) is 6.04 Å². The fourth-order valence-corrected chi connectivity index (χ4v) is 3.38. The summed E-state index contributed by atoms with van der Waals surface area (Å²) in [4.78, 5) is 7.10. The van der Waals surface area contributed by atoms with E-state index in [9.17, 15) is 0 Å². The van der Waals surface area contributed by atoms with Crippen LogP contribution < -0.4 is 5.32 Å². The molecule has 0 radical (unpaired) electrons. The zero-order valence-electron chi connectivity index (χ0n) is 13.5. The molecular formula is C16H30N4. The van der Waals surface area contributed by atoms with E-state index in [1.807, 2.05) is 12.4 Å².